The summed E-state index contributed by atoms with van der Waals surface area (Å²) in [5.41, 5.74) is 2.54. The first-order valence-electron chi connectivity index (χ1n) is 9.82. The molecule has 1 saturated heterocycles. The lowest BCUT2D eigenvalue weighted by molar-refractivity contribution is -0.121. The summed E-state index contributed by atoms with van der Waals surface area (Å²) in [6, 6.07) is 11.6. The van der Waals surface area contributed by atoms with E-state index in [0.717, 1.165) is 48.7 Å². The highest BCUT2D eigenvalue weighted by molar-refractivity contribution is 5.77. The highest BCUT2D eigenvalue weighted by Crippen LogP contribution is 2.13. The minimum absolute atomic E-state index is 0.0953. The van der Waals surface area contributed by atoms with Gasteiger partial charge in [0.25, 0.3) is 0 Å². The molecule has 8 nitrogen and oxygen atoms in total. The summed E-state index contributed by atoms with van der Waals surface area (Å²) in [6.07, 6.45) is 2.04. The molecule has 3 aromatic rings. The van der Waals surface area contributed by atoms with E-state index >= 15 is 0 Å². The van der Waals surface area contributed by atoms with Crippen molar-refractivity contribution >= 4 is 22.8 Å². The second kappa shape index (κ2) is 8.48. The van der Waals surface area contributed by atoms with E-state index in [9.17, 15) is 9.59 Å². The van der Waals surface area contributed by atoms with Crippen LogP contribution in [0.1, 0.15) is 12.0 Å². The van der Waals surface area contributed by atoms with E-state index in [1.165, 1.54) is 0 Å². The Morgan fingerprint density at radius 3 is 2.62 bits per heavy atom. The van der Waals surface area contributed by atoms with E-state index in [0.29, 0.717) is 13.1 Å². The lowest BCUT2D eigenvalue weighted by atomic mass is 10.2. The summed E-state index contributed by atoms with van der Waals surface area (Å²) in [5, 5.41) is 2.91. The van der Waals surface area contributed by atoms with Gasteiger partial charge in [-0.3, -0.25) is 13.9 Å². The standard InChI is InChI=1S/C21H25N5O3/c1-24-17-4-2-3-5-18(17)26(21(24)28)9-8-20(27)23-15-16-6-7-19(22-14-16)25-10-12-29-13-11-25/h2-7,14H,8-13,15H2,1H3,(H,23,27). The Bertz CT molecular complexity index is 1050. The Morgan fingerprint density at radius 2 is 1.90 bits per heavy atom. The van der Waals surface area contributed by atoms with Gasteiger partial charge in [-0.2, -0.15) is 0 Å². The zero-order chi connectivity index (χ0) is 20.2. The lowest BCUT2D eigenvalue weighted by Crippen LogP contribution is -2.36. The molecule has 0 unspecified atom stereocenters. The molecule has 0 atom stereocenters. The second-order valence-electron chi connectivity index (χ2n) is 7.13. The van der Waals surface area contributed by atoms with Gasteiger partial charge in [0.2, 0.25) is 5.91 Å². The van der Waals surface area contributed by atoms with Crippen LogP contribution in [0.2, 0.25) is 0 Å². The Morgan fingerprint density at radius 1 is 1.14 bits per heavy atom. The van der Waals surface area contributed by atoms with E-state index in [2.05, 4.69) is 15.2 Å². The van der Waals surface area contributed by atoms with Crippen molar-refractivity contribution in [1.82, 2.24) is 19.4 Å². The highest BCUT2D eigenvalue weighted by Gasteiger charge is 2.13. The fraction of sp³-hybridized carbons (Fsp3) is 0.381. The minimum atomic E-state index is -0.109. The van der Waals surface area contributed by atoms with Crippen molar-refractivity contribution in [3.63, 3.8) is 0 Å². The summed E-state index contributed by atoms with van der Waals surface area (Å²) in [7, 11) is 1.74. The molecule has 1 fully saturated rings. The molecule has 1 aliphatic heterocycles. The van der Waals surface area contributed by atoms with Gasteiger partial charge in [0.1, 0.15) is 5.82 Å². The molecular formula is C21H25N5O3. The van der Waals surface area contributed by atoms with Gasteiger partial charge >= 0.3 is 5.69 Å². The van der Waals surface area contributed by atoms with Gasteiger partial charge in [0, 0.05) is 45.8 Å². The molecule has 8 heteroatoms. The molecule has 1 aromatic carbocycles. The minimum Gasteiger partial charge on any atom is -0.378 e. The maximum atomic E-state index is 12.4. The van der Waals surface area contributed by atoms with E-state index in [1.54, 1.807) is 22.4 Å². The molecule has 1 aliphatic rings. The third kappa shape index (κ3) is 4.17. The van der Waals surface area contributed by atoms with Gasteiger partial charge in [0.05, 0.1) is 24.2 Å². The molecule has 0 spiro atoms. The fourth-order valence-electron chi connectivity index (χ4n) is 3.58. The zero-order valence-corrected chi connectivity index (χ0v) is 16.5. The van der Waals surface area contributed by atoms with Gasteiger partial charge in [-0.1, -0.05) is 18.2 Å². The van der Waals surface area contributed by atoms with Crippen LogP contribution in [0, 0.1) is 0 Å². The number of carbonyl (C=O) groups is 1. The Balaban J connectivity index is 1.32. The molecule has 1 N–H and O–H groups in total. The molecule has 0 aliphatic carbocycles. The van der Waals surface area contributed by atoms with Gasteiger partial charge in [-0.15, -0.1) is 0 Å². The van der Waals surface area contributed by atoms with Gasteiger partial charge in [0.15, 0.2) is 0 Å². The number of carbonyl (C=O) groups excluding carboxylic acids is 1. The monoisotopic (exact) mass is 395 g/mol. The van der Waals surface area contributed by atoms with Crippen molar-refractivity contribution in [2.24, 2.45) is 7.05 Å². The van der Waals surface area contributed by atoms with E-state index in [1.807, 2.05) is 36.4 Å². The number of amides is 1. The molecule has 0 bridgehead atoms. The van der Waals surface area contributed by atoms with Crippen LogP contribution in [-0.4, -0.2) is 46.3 Å². The lowest BCUT2D eigenvalue weighted by Gasteiger charge is -2.27. The van der Waals surface area contributed by atoms with Crippen LogP contribution in [-0.2, 0) is 29.7 Å². The largest absolute Gasteiger partial charge is 0.378 e. The normalized spacial score (nSPS) is 14.3. The number of para-hydroxylation sites is 2. The number of hydrogen-bond acceptors (Lipinski definition) is 5. The SMILES string of the molecule is Cn1c(=O)n(CCC(=O)NCc2ccc(N3CCOCC3)nc2)c2ccccc21. The van der Waals surface area contributed by atoms with Crippen LogP contribution < -0.4 is 15.9 Å². The molecule has 1 amide bonds. The van der Waals surface area contributed by atoms with Crippen molar-refractivity contribution in [3.05, 3.63) is 58.6 Å². The number of aryl methyl sites for hydroxylation is 2. The number of pyridine rings is 1. The number of morpholine rings is 1. The van der Waals surface area contributed by atoms with Crippen LogP contribution >= 0.6 is 0 Å². The number of aromatic nitrogens is 3. The summed E-state index contributed by atoms with van der Waals surface area (Å²) < 4.78 is 8.61. The average molecular weight is 395 g/mol. The zero-order valence-electron chi connectivity index (χ0n) is 16.5. The highest BCUT2D eigenvalue weighted by atomic mass is 16.5. The number of nitrogens with one attached hydrogen (secondary N) is 1. The average Bonchev–Trinajstić information content (AvgIpc) is 3.02. The van der Waals surface area contributed by atoms with Crippen molar-refractivity contribution < 1.29 is 9.53 Å². The topological polar surface area (TPSA) is 81.4 Å². The quantitative estimate of drug-likeness (QED) is 0.680. The predicted molar refractivity (Wildman–Crippen MR) is 111 cm³/mol. The molecule has 152 valence electrons. The molecular weight excluding hydrogens is 370 g/mol. The molecule has 0 saturated carbocycles. The maximum absolute atomic E-state index is 12.4. The number of fused-ring (bicyclic) bond motifs is 1. The number of imidazole rings is 1. The number of anilines is 1. The van der Waals surface area contributed by atoms with Gasteiger partial charge in [-0.05, 0) is 23.8 Å². The fourth-order valence-corrected chi connectivity index (χ4v) is 3.58. The van der Waals surface area contributed by atoms with Crippen LogP contribution in [0.25, 0.3) is 11.0 Å². The van der Waals surface area contributed by atoms with Crippen LogP contribution in [0.4, 0.5) is 5.82 Å². The van der Waals surface area contributed by atoms with Gasteiger partial charge < -0.3 is 15.0 Å². The second-order valence-corrected chi connectivity index (χ2v) is 7.13. The van der Waals surface area contributed by atoms with E-state index in [4.69, 9.17) is 4.74 Å². The number of hydrogen-bond donors (Lipinski definition) is 1. The van der Waals surface area contributed by atoms with E-state index < -0.39 is 0 Å². The maximum Gasteiger partial charge on any atom is 0.328 e. The third-order valence-corrected chi connectivity index (χ3v) is 5.25. The first-order chi connectivity index (χ1) is 14.1. The number of ether oxygens (including phenoxy) is 1. The number of benzene rings is 1. The first kappa shape index (κ1) is 19.2. The Labute approximate surface area is 168 Å². The van der Waals surface area contributed by atoms with Crippen molar-refractivity contribution in [2.75, 3.05) is 31.2 Å². The summed E-state index contributed by atoms with van der Waals surface area (Å²) in [5.74, 6) is 0.834. The summed E-state index contributed by atoms with van der Waals surface area (Å²) >= 11 is 0. The molecule has 4 rings (SSSR count). The van der Waals surface area contributed by atoms with Crippen LogP contribution in [0.15, 0.2) is 47.4 Å². The molecule has 29 heavy (non-hydrogen) atoms. The smallest absolute Gasteiger partial charge is 0.328 e. The van der Waals surface area contributed by atoms with Crippen LogP contribution in [0.3, 0.4) is 0 Å². The molecule has 2 aromatic heterocycles. The van der Waals surface area contributed by atoms with Gasteiger partial charge in [-0.25, -0.2) is 9.78 Å². The van der Waals surface area contributed by atoms with Crippen molar-refractivity contribution in [3.8, 4) is 0 Å². The predicted octanol–water partition coefficient (Wildman–Crippen LogP) is 1.28. The summed E-state index contributed by atoms with van der Waals surface area (Å²) in [4.78, 5) is 31.4. The van der Waals surface area contributed by atoms with Crippen LogP contribution in [0.5, 0.6) is 0 Å². The summed E-state index contributed by atoms with van der Waals surface area (Å²) in [6.45, 7) is 3.89. The third-order valence-electron chi connectivity index (χ3n) is 5.25. The first-order valence-corrected chi connectivity index (χ1v) is 9.82. The van der Waals surface area contributed by atoms with Crippen molar-refractivity contribution in [1.29, 1.82) is 0 Å². The number of rotatable bonds is 6. The Kier molecular flexibility index (Phi) is 5.62. The van der Waals surface area contributed by atoms with Crippen molar-refractivity contribution in [2.45, 2.75) is 19.5 Å². The molecule has 0 radical (unpaired) electrons. The number of nitrogens with zero attached hydrogens (tertiary/aromatic N) is 4. The van der Waals surface area contributed by atoms with E-state index in [-0.39, 0.29) is 18.0 Å². The Hall–Kier alpha value is -3.13. The molecule has 3 heterocycles.